The second-order valence-electron chi connectivity index (χ2n) is 4.36. The molecule has 0 saturated carbocycles. The third kappa shape index (κ3) is 3.15. The number of hydrogen-bond donors (Lipinski definition) is 2. The van der Waals surface area contributed by atoms with Crippen molar-refractivity contribution in [1.29, 1.82) is 0 Å². The van der Waals surface area contributed by atoms with Crippen molar-refractivity contribution in [1.82, 2.24) is 10.6 Å². The van der Waals surface area contributed by atoms with Gasteiger partial charge >= 0.3 is 0 Å². The van der Waals surface area contributed by atoms with Gasteiger partial charge in [0.2, 0.25) is 0 Å². The molecule has 1 saturated heterocycles. The molecule has 0 spiro atoms. The Balaban J connectivity index is 2.08. The number of ether oxygens (including phenoxy) is 1. The molecule has 0 unspecified atom stereocenters. The third-order valence-corrected chi connectivity index (χ3v) is 3.28. The molecule has 18 heavy (non-hydrogen) atoms. The lowest BCUT2D eigenvalue weighted by atomic mass is 10.1. The van der Waals surface area contributed by atoms with E-state index in [1.807, 2.05) is 0 Å². The number of carbonyl (C=O) groups is 1. The topological polar surface area (TPSA) is 50.4 Å². The molecule has 2 rings (SSSR count). The molecule has 0 aliphatic carbocycles. The van der Waals surface area contributed by atoms with E-state index in [1.54, 1.807) is 18.2 Å². The predicted molar refractivity (Wildman–Crippen MR) is 71.4 cm³/mol. The molecule has 1 amide bonds. The maximum absolute atomic E-state index is 12.1. The van der Waals surface area contributed by atoms with E-state index in [-0.39, 0.29) is 11.9 Å². The SMILES string of the molecule is COc1cc(Cl)ccc1C(=O)N[C@H]1CCCNC1. The third-order valence-electron chi connectivity index (χ3n) is 3.04. The summed E-state index contributed by atoms with van der Waals surface area (Å²) in [5.41, 5.74) is 0.521. The average molecular weight is 269 g/mol. The van der Waals surface area contributed by atoms with Crippen molar-refractivity contribution < 1.29 is 9.53 Å². The number of nitrogens with one attached hydrogen (secondary N) is 2. The van der Waals surface area contributed by atoms with E-state index < -0.39 is 0 Å². The Bertz CT molecular complexity index is 431. The van der Waals surface area contributed by atoms with Crippen molar-refractivity contribution in [3.8, 4) is 5.75 Å². The number of hydrogen-bond acceptors (Lipinski definition) is 3. The van der Waals surface area contributed by atoms with Gasteiger partial charge in [0.1, 0.15) is 5.75 Å². The van der Waals surface area contributed by atoms with Crippen LogP contribution < -0.4 is 15.4 Å². The first-order valence-electron chi connectivity index (χ1n) is 6.06. The van der Waals surface area contributed by atoms with Gasteiger partial charge in [-0.05, 0) is 37.6 Å². The highest BCUT2D eigenvalue weighted by atomic mass is 35.5. The van der Waals surface area contributed by atoms with Crippen LogP contribution in [-0.2, 0) is 0 Å². The minimum Gasteiger partial charge on any atom is -0.496 e. The first-order chi connectivity index (χ1) is 8.70. The largest absolute Gasteiger partial charge is 0.496 e. The number of rotatable bonds is 3. The van der Waals surface area contributed by atoms with Gasteiger partial charge in [0.15, 0.2) is 0 Å². The molecule has 1 aromatic rings. The van der Waals surface area contributed by atoms with Crippen molar-refractivity contribution in [2.24, 2.45) is 0 Å². The summed E-state index contributed by atoms with van der Waals surface area (Å²) in [6.45, 7) is 1.85. The maximum Gasteiger partial charge on any atom is 0.255 e. The van der Waals surface area contributed by atoms with Crippen molar-refractivity contribution in [2.45, 2.75) is 18.9 Å². The quantitative estimate of drug-likeness (QED) is 0.879. The molecule has 0 bridgehead atoms. The molecule has 1 fully saturated rings. The molecule has 0 aromatic heterocycles. The van der Waals surface area contributed by atoms with E-state index in [2.05, 4.69) is 10.6 Å². The van der Waals surface area contributed by atoms with Gasteiger partial charge in [0, 0.05) is 17.6 Å². The summed E-state index contributed by atoms with van der Waals surface area (Å²) in [7, 11) is 1.53. The highest BCUT2D eigenvalue weighted by molar-refractivity contribution is 6.30. The normalized spacial score (nSPS) is 19.3. The predicted octanol–water partition coefficient (Wildman–Crippen LogP) is 1.83. The number of halogens is 1. The van der Waals surface area contributed by atoms with Gasteiger partial charge < -0.3 is 15.4 Å². The zero-order valence-electron chi connectivity index (χ0n) is 10.3. The van der Waals surface area contributed by atoms with Gasteiger partial charge in [-0.3, -0.25) is 4.79 Å². The van der Waals surface area contributed by atoms with Crippen LogP contribution in [0.3, 0.4) is 0 Å². The highest BCUT2D eigenvalue weighted by Crippen LogP contribution is 2.23. The Kier molecular flexibility index (Phi) is 4.44. The zero-order chi connectivity index (χ0) is 13.0. The van der Waals surface area contributed by atoms with Crippen LogP contribution in [0.25, 0.3) is 0 Å². The number of methoxy groups -OCH3 is 1. The molecular weight excluding hydrogens is 252 g/mol. The zero-order valence-corrected chi connectivity index (χ0v) is 11.1. The fourth-order valence-corrected chi connectivity index (χ4v) is 2.25. The lowest BCUT2D eigenvalue weighted by Gasteiger charge is -2.24. The van der Waals surface area contributed by atoms with E-state index >= 15 is 0 Å². The fraction of sp³-hybridized carbons (Fsp3) is 0.462. The van der Waals surface area contributed by atoms with Gasteiger partial charge in [-0.25, -0.2) is 0 Å². The molecule has 1 aliphatic rings. The highest BCUT2D eigenvalue weighted by Gasteiger charge is 2.18. The first kappa shape index (κ1) is 13.2. The number of amides is 1. The fourth-order valence-electron chi connectivity index (χ4n) is 2.09. The summed E-state index contributed by atoms with van der Waals surface area (Å²) in [5.74, 6) is 0.390. The Labute approximate surface area is 112 Å². The van der Waals surface area contributed by atoms with E-state index in [4.69, 9.17) is 16.3 Å². The second-order valence-corrected chi connectivity index (χ2v) is 4.80. The molecule has 1 atom stereocenters. The molecule has 2 N–H and O–H groups in total. The molecule has 98 valence electrons. The van der Waals surface area contributed by atoms with Crippen molar-refractivity contribution in [3.05, 3.63) is 28.8 Å². The van der Waals surface area contributed by atoms with Crippen LogP contribution >= 0.6 is 11.6 Å². The van der Waals surface area contributed by atoms with Crippen molar-refractivity contribution >= 4 is 17.5 Å². The van der Waals surface area contributed by atoms with Gasteiger partial charge in [-0.1, -0.05) is 11.6 Å². The molecule has 1 heterocycles. The summed E-state index contributed by atoms with van der Waals surface area (Å²) >= 11 is 5.87. The van der Waals surface area contributed by atoms with Crippen LogP contribution in [0.2, 0.25) is 5.02 Å². The van der Waals surface area contributed by atoms with Crippen LogP contribution in [0, 0.1) is 0 Å². The molecule has 1 aromatic carbocycles. The Morgan fingerprint density at radius 3 is 3.06 bits per heavy atom. The lowest BCUT2D eigenvalue weighted by molar-refractivity contribution is 0.0927. The monoisotopic (exact) mass is 268 g/mol. The van der Waals surface area contributed by atoms with Crippen LogP contribution in [0.15, 0.2) is 18.2 Å². The average Bonchev–Trinajstić information content (AvgIpc) is 2.39. The minimum absolute atomic E-state index is 0.114. The number of carbonyl (C=O) groups excluding carboxylic acids is 1. The summed E-state index contributed by atoms with van der Waals surface area (Å²) in [6.07, 6.45) is 2.09. The summed E-state index contributed by atoms with van der Waals surface area (Å²) in [5, 5.41) is 6.83. The Morgan fingerprint density at radius 1 is 1.56 bits per heavy atom. The van der Waals surface area contributed by atoms with Crippen LogP contribution in [0.1, 0.15) is 23.2 Å². The van der Waals surface area contributed by atoms with Gasteiger partial charge in [-0.15, -0.1) is 0 Å². The van der Waals surface area contributed by atoms with Gasteiger partial charge in [0.05, 0.1) is 12.7 Å². The van der Waals surface area contributed by atoms with E-state index in [1.165, 1.54) is 7.11 Å². The summed E-state index contributed by atoms with van der Waals surface area (Å²) in [6, 6.07) is 5.21. The lowest BCUT2D eigenvalue weighted by Crippen LogP contribution is -2.45. The van der Waals surface area contributed by atoms with E-state index in [0.29, 0.717) is 16.3 Å². The Morgan fingerprint density at radius 2 is 2.39 bits per heavy atom. The van der Waals surface area contributed by atoms with Crippen molar-refractivity contribution in [2.75, 3.05) is 20.2 Å². The smallest absolute Gasteiger partial charge is 0.255 e. The van der Waals surface area contributed by atoms with Gasteiger partial charge in [0.25, 0.3) is 5.91 Å². The molecular formula is C13H17ClN2O2. The molecule has 4 nitrogen and oxygen atoms in total. The number of benzene rings is 1. The second kappa shape index (κ2) is 6.07. The van der Waals surface area contributed by atoms with Crippen LogP contribution in [0.4, 0.5) is 0 Å². The molecule has 0 radical (unpaired) electrons. The molecule has 1 aliphatic heterocycles. The standard InChI is InChI=1S/C13H17ClN2O2/c1-18-12-7-9(14)4-5-11(12)13(17)16-10-3-2-6-15-8-10/h4-5,7,10,15H,2-3,6,8H2,1H3,(H,16,17)/t10-/m0/s1. The summed E-state index contributed by atoms with van der Waals surface area (Å²) in [4.78, 5) is 12.1. The van der Waals surface area contributed by atoms with Crippen LogP contribution in [-0.4, -0.2) is 32.1 Å². The van der Waals surface area contributed by atoms with Crippen LogP contribution in [0.5, 0.6) is 5.75 Å². The van der Waals surface area contributed by atoms with E-state index in [0.717, 1.165) is 25.9 Å². The van der Waals surface area contributed by atoms with Crippen molar-refractivity contribution in [3.63, 3.8) is 0 Å². The molecule has 5 heteroatoms. The van der Waals surface area contributed by atoms with E-state index in [9.17, 15) is 4.79 Å². The first-order valence-corrected chi connectivity index (χ1v) is 6.43. The summed E-state index contributed by atoms with van der Waals surface area (Å²) < 4.78 is 5.18. The maximum atomic E-state index is 12.1. The number of piperidine rings is 1. The minimum atomic E-state index is -0.114. The van der Waals surface area contributed by atoms with Gasteiger partial charge in [-0.2, -0.15) is 0 Å². The Hall–Kier alpha value is -1.26.